The SMILES string of the molecule is CCOC(=O)C1CCN(c2nc3c(c(=O)[nH]2)C(c2ccc(Cl)cc2)C(C#N)C(=O)N3)CC1. The van der Waals surface area contributed by atoms with Crippen LogP contribution in [0.4, 0.5) is 11.8 Å². The number of esters is 1. The Morgan fingerprint density at radius 2 is 1.97 bits per heavy atom. The number of anilines is 2. The Hall–Kier alpha value is -3.38. The zero-order valence-electron chi connectivity index (χ0n) is 17.4. The maximum atomic E-state index is 13.1. The van der Waals surface area contributed by atoms with Gasteiger partial charge >= 0.3 is 5.97 Å². The van der Waals surface area contributed by atoms with E-state index >= 15 is 0 Å². The maximum absolute atomic E-state index is 13.1. The maximum Gasteiger partial charge on any atom is 0.309 e. The van der Waals surface area contributed by atoms with Crippen molar-refractivity contribution in [2.75, 3.05) is 29.9 Å². The van der Waals surface area contributed by atoms with Crippen molar-refractivity contribution in [1.82, 2.24) is 9.97 Å². The minimum absolute atomic E-state index is 0.146. The van der Waals surface area contributed by atoms with Crippen molar-refractivity contribution in [3.63, 3.8) is 0 Å². The summed E-state index contributed by atoms with van der Waals surface area (Å²) in [4.78, 5) is 46.9. The van der Waals surface area contributed by atoms with Gasteiger partial charge in [0.15, 0.2) is 0 Å². The molecule has 0 bridgehead atoms. The Kier molecular flexibility index (Phi) is 6.15. The first-order valence-corrected chi connectivity index (χ1v) is 10.8. The summed E-state index contributed by atoms with van der Waals surface area (Å²) in [5.41, 5.74) is 0.452. The highest BCUT2D eigenvalue weighted by Crippen LogP contribution is 2.38. The van der Waals surface area contributed by atoms with Crippen molar-refractivity contribution in [3.8, 4) is 6.07 Å². The predicted octanol–water partition coefficient (Wildman–Crippen LogP) is 2.43. The number of carbonyl (C=O) groups is 2. The van der Waals surface area contributed by atoms with Gasteiger partial charge in [0.05, 0.1) is 24.2 Å². The molecule has 0 radical (unpaired) electrons. The van der Waals surface area contributed by atoms with Crippen LogP contribution < -0.4 is 15.8 Å². The van der Waals surface area contributed by atoms with Crippen LogP contribution in [0.2, 0.25) is 5.02 Å². The Balaban J connectivity index is 1.66. The van der Waals surface area contributed by atoms with Crippen molar-refractivity contribution >= 4 is 35.2 Å². The summed E-state index contributed by atoms with van der Waals surface area (Å²) >= 11 is 5.98. The molecule has 9 nitrogen and oxygen atoms in total. The van der Waals surface area contributed by atoms with Gasteiger partial charge in [-0.15, -0.1) is 0 Å². The summed E-state index contributed by atoms with van der Waals surface area (Å²) in [6, 6.07) is 8.72. The van der Waals surface area contributed by atoms with Gasteiger partial charge in [-0.05, 0) is 37.5 Å². The van der Waals surface area contributed by atoms with Crippen molar-refractivity contribution in [1.29, 1.82) is 5.26 Å². The van der Waals surface area contributed by atoms with Crippen LogP contribution in [-0.2, 0) is 14.3 Å². The number of fused-ring (bicyclic) bond motifs is 1. The quantitative estimate of drug-likeness (QED) is 0.677. The van der Waals surface area contributed by atoms with Crippen LogP contribution >= 0.6 is 11.6 Å². The van der Waals surface area contributed by atoms with E-state index in [0.29, 0.717) is 49.1 Å². The van der Waals surface area contributed by atoms with Crippen molar-refractivity contribution in [2.24, 2.45) is 11.8 Å². The Morgan fingerprint density at radius 1 is 1.28 bits per heavy atom. The van der Waals surface area contributed by atoms with E-state index in [2.05, 4.69) is 15.3 Å². The molecule has 0 saturated carbocycles. The van der Waals surface area contributed by atoms with Gasteiger partial charge in [-0.1, -0.05) is 23.7 Å². The minimum atomic E-state index is -1.07. The summed E-state index contributed by atoms with van der Waals surface area (Å²) in [5.74, 6) is -2.27. The Labute approximate surface area is 189 Å². The van der Waals surface area contributed by atoms with Crippen LogP contribution in [0.1, 0.15) is 36.8 Å². The van der Waals surface area contributed by atoms with Crippen molar-refractivity contribution in [3.05, 3.63) is 50.8 Å². The number of aromatic nitrogens is 2. The number of hydrogen-bond acceptors (Lipinski definition) is 7. The van der Waals surface area contributed by atoms with Crippen molar-refractivity contribution < 1.29 is 14.3 Å². The fourth-order valence-electron chi connectivity index (χ4n) is 4.27. The molecule has 2 aromatic rings. The lowest BCUT2D eigenvalue weighted by Gasteiger charge is -2.33. The number of nitriles is 1. The minimum Gasteiger partial charge on any atom is -0.466 e. The highest BCUT2D eigenvalue weighted by molar-refractivity contribution is 6.30. The summed E-state index contributed by atoms with van der Waals surface area (Å²) in [6.07, 6.45) is 1.16. The largest absolute Gasteiger partial charge is 0.466 e. The molecule has 2 aliphatic heterocycles. The number of carbonyl (C=O) groups excluding carboxylic acids is 2. The highest BCUT2D eigenvalue weighted by Gasteiger charge is 2.40. The number of piperidine rings is 1. The molecule has 1 amide bonds. The third-order valence-electron chi connectivity index (χ3n) is 5.89. The highest BCUT2D eigenvalue weighted by atomic mass is 35.5. The number of halogens is 1. The normalized spacial score (nSPS) is 20.8. The first-order valence-electron chi connectivity index (χ1n) is 10.4. The monoisotopic (exact) mass is 455 g/mol. The first-order chi connectivity index (χ1) is 15.4. The molecule has 2 unspecified atom stereocenters. The average molecular weight is 456 g/mol. The lowest BCUT2D eigenvalue weighted by molar-refractivity contribution is -0.148. The molecule has 166 valence electrons. The number of H-pyrrole nitrogens is 1. The zero-order valence-corrected chi connectivity index (χ0v) is 18.2. The fraction of sp³-hybridized carbons (Fsp3) is 0.409. The molecule has 1 aromatic carbocycles. The molecular formula is C22H22ClN5O4. The molecule has 1 fully saturated rings. The molecule has 32 heavy (non-hydrogen) atoms. The van der Waals surface area contributed by atoms with E-state index in [4.69, 9.17) is 16.3 Å². The standard InChI is InChI=1S/C22H22ClN5O4/c1-2-32-21(31)13-7-9-28(10-8-13)22-26-18-17(20(30)27-22)16(15(11-24)19(29)25-18)12-3-5-14(23)6-4-12/h3-6,13,15-16H,2,7-10H2,1H3,(H2,25,26,27,29,30). The van der Waals surface area contributed by atoms with E-state index < -0.39 is 23.3 Å². The summed E-state index contributed by atoms with van der Waals surface area (Å²) in [6.45, 7) is 3.15. The van der Waals surface area contributed by atoms with Crippen LogP contribution in [0, 0.1) is 23.2 Å². The lowest BCUT2D eigenvalue weighted by Crippen LogP contribution is -2.41. The summed E-state index contributed by atoms with van der Waals surface area (Å²) in [5, 5.41) is 12.7. The third-order valence-corrected chi connectivity index (χ3v) is 6.15. The molecule has 2 atom stereocenters. The van der Waals surface area contributed by atoms with Crippen molar-refractivity contribution in [2.45, 2.75) is 25.7 Å². The first kappa shape index (κ1) is 21.8. The van der Waals surface area contributed by atoms with Gasteiger partial charge in [0.2, 0.25) is 11.9 Å². The number of nitrogens with one attached hydrogen (secondary N) is 2. The number of rotatable bonds is 4. The van der Waals surface area contributed by atoms with E-state index in [1.165, 1.54) is 0 Å². The van der Waals surface area contributed by atoms with Crippen LogP contribution in [0.5, 0.6) is 0 Å². The van der Waals surface area contributed by atoms with E-state index in [0.717, 1.165) is 0 Å². The number of hydrogen-bond donors (Lipinski definition) is 2. The molecule has 2 aliphatic rings. The summed E-state index contributed by atoms with van der Waals surface area (Å²) < 4.78 is 5.10. The van der Waals surface area contributed by atoms with Gasteiger partial charge in [0.1, 0.15) is 11.7 Å². The zero-order chi connectivity index (χ0) is 22.8. The molecule has 0 spiro atoms. The third kappa shape index (κ3) is 4.06. The Bertz CT molecular complexity index is 1130. The molecule has 0 aliphatic carbocycles. The number of benzene rings is 1. The molecule has 10 heteroatoms. The number of aromatic amines is 1. The van der Waals surface area contributed by atoms with Gasteiger partial charge in [0.25, 0.3) is 5.56 Å². The van der Waals surface area contributed by atoms with Gasteiger partial charge in [-0.3, -0.25) is 19.4 Å². The van der Waals surface area contributed by atoms with Gasteiger partial charge in [0, 0.05) is 24.0 Å². The fourth-order valence-corrected chi connectivity index (χ4v) is 4.39. The van der Waals surface area contributed by atoms with E-state index in [1.54, 1.807) is 31.2 Å². The van der Waals surface area contributed by atoms with Crippen LogP contribution in [0.25, 0.3) is 0 Å². The second kappa shape index (κ2) is 9.01. The van der Waals surface area contributed by atoms with Crippen LogP contribution in [0.3, 0.4) is 0 Å². The second-order valence-electron chi connectivity index (χ2n) is 7.79. The molecule has 4 rings (SSSR count). The van der Waals surface area contributed by atoms with Crippen LogP contribution in [0.15, 0.2) is 29.1 Å². The van der Waals surface area contributed by atoms with Crippen LogP contribution in [-0.4, -0.2) is 41.5 Å². The van der Waals surface area contributed by atoms with Gasteiger partial charge in [-0.2, -0.15) is 10.2 Å². The number of amides is 1. The van der Waals surface area contributed by atoms with Gasteiger partial charge in [-0.25, -0.2) is 0 Å². The average Bonchev–Trinajstić information content (AvgIpc) is 2.79. The predicted molar refractivity (Wildman–Crippen MR) is 117 cm³/mol. The number of ether oxygens (including phenoxy) is 1. The Morgan fingerprint density at radius 3 is 2.59 bits per heavy atom. The molecule has 3 heterocycles. The molecule has 1 aromatic heterocycles. The van der Waals surface area contributed by atoms with Gasteiger partial charge < -0.3 is 15.0 Å². The molecule has 2 N–H and O–H groups in total. The smallest absolute Gasteiger partial charge is 0.309 e. The molecular weight excluding hydrogens is 434 g/mol. The topological polar surface area (TPSA) is 128 Å². The van der Waals surface area contributed by atoms with E-state index in [1.807, 2.05) is 11.0 Å². The summed E-state index contributed by atoms with van der Waals surface area (Å²) in [7, 11) is 0. The second-order valence-corrected chi connectivity index (χ2v) is 8.23. The number of nitrogens with zero attached hydrogens (tertiary/aromatic N) is 3. The van der Waals surface area contributed by atoms with E-state index in [-0.39, 0.29) is 23.3 Å². The molecule has 1 saturated heterocycles. The lowest BCUT2D eigenvalue weighted by atomic mass is 9.79. The van der Waals surface area contributed by atoms with E-state index in [9.17, 15) is 19.6 Å².